The Morgan fingerprint density at radius 2 is 2.00 bits per heavy atom. The second-order valence-electron chi connectivity index (χ2n) is 7.14. The van der Waals surface area contributed by atoms with Crippen LogP contribution in [0, 0.1) is 10.1 Å². The summed E-state index contributed by atoms with van der Waals surface area (Å²) < 4.78 is 32.8. The normalized spacial score (nSPS) is 15.9. The zero-order valence-electron chi connectivity index (χ0n) is 17.4. The van der Waals surface area contributed by atoms with E-state index < -0.39 is 20.9 Å². The molecule has 33 heavy (non-hydrogen) atoms. The first kappa shape index (κ1) is 24.5. The van der Waals surface area contributed by atoms with Crippen molar-refractivity contribution in [3.05, 3.63) is 70.3 Å². The van der Waals surface area contributed by atoms with Crippen LogP contribution in [0.1, 0.15) is 18.4 Å². The van der Waals surface area contributed by atoms with Crippen molar-refractivity contribution in [2.45, 2.75) is 23.8 Å². The molecule has 0 aromatic heterocycles. The maximum Gasteiger partial charge on any atom is 0.270 e. The van der Waals surface area contributed by atoms with Gasteiger partial charge in [-0.3, -0.25) is 20.2 Å². The summed E-state index contributed by atoms with van der Waals surface area (Å²) in [5, 5.41) is 16.1. The summed E-state index contributed by atoms with van der Waals surface area (Å²) in [6.07, 6.45) is 4.27. The number of thiocarbonyl (C=S) groups is 1. The first-order valence-electron chi connectivity index (χ1n) is 9.99. The number of sulfonamides is 1. The van der Waals surface area contributed by atoms with Crippen molar-refractivity contribution in [1.82, 2.24) is 10.0 Å². The lowest BCUT2D eigenvalue weighted by atomic mass is 10.2. The first-order chi connectivity index (χ1) is 15.7. The van der Waals surface area contributed by atoms with Gasteiger partial charge in [-0.05, 0) is 61.0 Å². The van der Waals surface area contributed by atoms with Crippen molar-refractivity contribution in [2.75, 3.05) is 18.5 Å². The van der Waals surface area contributed by atoms with Crippen molar-refractivity contribution in [3.63, 3.8) is 0 Å². The molecule has 1 amide bonds. The van der Waals surface area contributed by atoms with Crippen LogP contribution in [-0.2, 0) is 19.6 Å². The van der Waals surface area contributed by atoms with Crippen LogP contribution >= 0.6 is 12.2 Å². The van der Waals surface area contributed by atoms with Crippen molar-refractivity contribution in [3.8, 4) is 0 Å². The zero-order chi connectivity index (χ0) is 23.8. The summed E-state index contributed by atoms with van der Waals surface area (Å²) in [5.74, 6) is -0.531. The number of non-ortho nitro benzene ring substituents is 1. The minimum atomic E-state index is -3.67. The third kappa shape index (κ3) is 7.43. The number of anilines is 1. The Bertz CT molecular complexity index is 1160. The predicted octanol–water partition coefficient (Wildman–Crippen LogP) is 2.58. The summed E-state index contributed by atoms with van der Waals surface area (Å²) in [7, 11) is -3.67. The molecule has 3 rings (SSSR count). The van der Waals surface area contributed by atoms with Gasteiger partial charge in [0.2, 0.25) is 15.9 Å². The van der Waals surface area contributed by atoms with E-state index in [4.69, 9.17) is 17.0 Å². The van der Waals surface area contributed by atoms with E-state index in [-0.39, 0.29) is 28.3 Å². The summed E-state index contributed by atoms with van der Waals surface area (Å²) in [5.41, 5.74) is 0.895. The number of nitro groups is 1. The lowest BCUT2D eigenvalue weighted by molar-refractivity contribution is -0.384. The SMILES string of the molecule is O=C(/C=C/c1cccc([N+](=O)[O-])c1)NC(=S)Nc1ccc(S(=O)(=O)NCC2CCCO2)cc1. The average molecular weight is 491 g/mol. The molecule has 1 heterocycles. The lowest BCUT2D eigenvalue weighted by Gasteiger charge is -2.12. The van der Waals surface area contributed by atoms with Gasteiger partial charge in [-0.25, -0.2) is 13.1 Å². The Balaban J connectivity index is 1.51. The summed E-state index contributed by atoms with van der Waals surface area (Å²) in [6.45, 7) is 0.871. The van der Waals surface area contributed by atoms with Crippen molar-refractivity contribution in [1.29, 1.82) is 0 Å². The molecule has 1 aliphatic rings. The van der Waals surface area contributed by atoms with E-state index in [0.717, 1.165) is 12.8 Å². The van der Waals surface area contributed by atoms with Gasteiger partial charge in [0.25, 0.3) is 5.69 Å². The number of hydrogen-bond acceptors (Lipinski definition) is 7. The standard InChI is InChI=1S/C21H22N4O6S2/c26-20(11-6-15-3-1-4-17(13-15)25(27)28)24-21(32)23-16-7-9-19(10-8-16)33(29,30)22-14-18-5-2-12-31-18/h1,3-4,6-11,13,18,22H,2,5,12,14H2,(H2,23,24,26,32)/b11-6+. The van der Waals surface area contributed by atoms with Gasteiger partial charge in [0.15, 0.2) is 5.11 Å². The number of rotatable bonds is 8. The molecular formula is C21H22N4O6S2. The highest BCUT2D eigenvalue weighted by Crippen LogP contribution is 2.16. The number of nitrogens with zero attached hydrogens (tertiary/aromatic N) is 1. The highest BCUT2D eigenvalue weighted by molar-refractivity contribution is 7.89. The minimum Gasteiger partial charge on any atom is -0.377 e. The number of nitrogens with one attached hydrogen (secondary N) is 3. The van der Waals surface area contributed by atoms with E-state index in [0.29, 0.717) is 17.9 Å². The monoisotopic (exact) mass is 490 g/mol. The van der Waals surface area contributed by atoms with Crippen LogP contribution < -0.4 is 15.4 Å². The van der Waals surface area contributed by atoms with Gasteiger partial charge in [0, 0.05) is 37.0 Å². The highest BCUT2D eigenvalue weighted by atomic mass is 32.2. The van der Waals surface area contributed by atoms with Gasteiger partial charge in [-0.2, -0.15) is 0 Å². The van der Waals surface area contributed by atoms with Crippen molar-refractivity contribution in [2.24, 2.45) is 0 Å². The number of nitro benzene ring substituents is 1. The van der Waals surface area contributed by atoms with E-state index in [1.165, 1.54) is 54.6 Å². The van der Waals surface area contributed by atoms with Crippen LogP contribution in [-0.4, -0.2) is 43.6 Å². The molecule has 0 aliphatic carbocycles. The Hall–Kier alpha value is -3.19. The van der Waals surface area contributed by atoms with Crippen LogP contribution in [0.4, 0.5) is 11.4 Å². The van der Waals surface area contributed by atoms with E-state index in [9.17, 15) is 23.3 Å². The zero-order valence-corrected chi connectivity index (χ0v) is 19.0. The quantitative estimate of drug-likeness (QED) is 0.222. The van der Waals surface area contributed by atoms with Crippen LogP contribution in [0.3, 0.4) is 0 Å². The van der Waals surface area contributed by atoms with Crippen molar-refractivity contribution < 1.29 is 22.9 Å². The van der Waals surface area contributed by atoms with Gasteiger partial charge >= 0.3 is 0 Å². The topological polar surface area (TPSA) is 140 Å². The van der Waals surface area contributed by atoms with E-state index in [1.54, 1.807) is 6.07 Å². The molecule has 1 atom stereocenters. The molecule has 0 radical (unpaired) electrons. The summed E-state index contributed by atoms with van der Waals surface area (Å²) >= 11 is 5.10. The van der Waals surface area contributed by atoms with E-state index in [1.807, 2.05) is 0 Å². The second-order valence-corrected chi connectivity index (χ2v) is 9.32. The molecule has 2 aromatic carbocycles. The molecule has 1 saturated heterocycles. The molecule has 0 spiro atoms. The fourth-order valence-electron chi connectivity index (χ4n) is 3.04. The van der Waals surface area contributed by atoms with Gasteiger partial charge < -0.3 is 10.1 Å². The molecule has 10 nitrogen and oxygen atoms in total. The van der Waals surface area contributed by atoms with E-state index in [2.05, 4.69) is 15.4 Å². The van der Waals surface area contributed by atoms with Gasteiger partial charge in [-0.1, -0.05) is 12.1 Å². The fourth-order valence-corrected chi connectivity index (χ4v) is 4.32. The Labute approximate surface area is 196 Å². The Morgan fingerprint density at radius 3 is 2.67 bits per heavy atom. The lowest BCUT2D eigenvalue weighted by Crippen LogP contribution is -2.33. The molecule has 0 saturated carbocycles. The fraction of sp³-hybridized carbons (Fsp3) is 0.238. The maximum atomic E-state index is 12.4. The molecule has 12 heteroatoms. The average Bonchev–Trinajstić information content (AvgIpc) is 3.31. The third-order valence-electron chi connectivity index (χ3n) is 4.69. The van der Waals surface area contributed by atoms with Crippen LogP contribution in [0.15, 0.2) is 59.5 Å². The minimum absolute atomic E-state index is 0.0100. The molecule has 2 aromatic rings. The van der Waals surface area contributed by atoms with Gasteiger partial charge in [0.1, 0.15) is 0 Å². The Kier molecular flexibility index (Phi) is 8.22. The molecule has 1 unspecified atom stereocenters. The molecular weight excluding hydrogens is 468 g/mol. The predicted molar refractivity (Wildman–Crippen MR) is 127 cm³/mol. The highest BCUT2D eigenvalue weighted by Gasteiger charge is 2.20. The van der Waals surface area contributed by atoms with Crippen molar-refractivity contribution >= 4 is 50.7 Å². The number of ether oxygens (including phenoxy) is 1. The molecule has 0 bridgehead atoms. The van der Waals surface area contributed by atoms with Gasteiger partial charge in [0.05, 0.1) is 15.9 Å². The molecule has 1 aliphatic heterocycles. The molecule has 1 fully saturated rings. The van der Waals surface area contributed by atoms with Crippen LogP contribution in [0.2, 0.25) is 0 Å². The second kappa shape index (κ2) is 11.1. The van der Waals surface area contributed by atoms with Crippen LogP contribution in [0.25, 0.3) is 6.08 Å². The third-order valence-corrected chi connectivity index (χ3v) is 6.34. The first-order valence-corrected chi connectivity index (χ1v) is 11.9. The number of amides is 1. The number of hydrogen-bond donors (Lipinski definition) is 3. The number of benzene rings is 2. The largest absolute Gasteiger partial charge is 0.377 e. The number of carbonyl (C=O) groups excluding carboxylic acids is 1. The van der Waals surface area contributed by atoms with Crippen LogP contribution in [0.5, 0.6) is 0 Å². The smallest absolute Gasteiger partial charge is 0.270 e. The molecule has 3 N–H and O–H groups in total. The number of carbonyl (C=O) groups is 1. The Morgan fingerprint density at radius 1 is 1.24 bits per heavy atom. The molecule has 174 valence electrons. The summed E-state index contributed by atoms with van der Waals surface area (Å²) in [4.78, 5) is 22.4. The maximum absolute atomic E-state index is 12.4. The van der Waals surface area contributed by atoms with Gasteiger partial charge in [-0.15, -0.1) is 0 Å². The summed E-state index contributed by atoms with van der Waals surface area (Å²) in [6, 6.07) is 11.7. The van der Waals surface area contributed by atoms with E-state index >= 15 is 0 Å².